The van der Waals surface area contributed by atoms with E-state index in [2.05, 4.69) is 15.0 Å². The van der Waals surface area contributed by atoms with Crippen molar-refractivity contribution in [1.29, 1.82) is 0 Å². The molecule has 0 aliphatic rings. The molecule has 9 heteroatoms. The highest BCUT2D eigenvalue weighted by molar-refractivity contribution is 14.0. The van der Waals surface area contributed by atoms with Crippen LogP contribution in [0.25, 0.3) is 0 Å². The molecule has 156 valence electrons. The van der Waals surface area contributed by atoms with E-state index in [-0.39, 0.29) is 29.7 Å². The molecule has 1 aromatic rings. The minimum absolute atomic E-state index is 0. The zero-order valence-corrected chi connectivity index (χ0v) is 18.5. The van der Waals surface area contributed by atoms with Gasteiger partial charge in [0.1, 0.15) is 5.75 Å². The third kappa shape index (κ3) is 12.0. The van der Waals surface area contributed by atoms with Crippen LogP contribution in [0.5, 0.6) is 5.75 Å². The number of guanidine groups is 1. The monoisotopic (exact) mass is 501 g/mol. The molecule has 0 amide bonds. The number of aliphatic imine (C=N–C) groups is 1. The van der Waals surface area contributed by atoms with Crippen LogP contribution in [0.2, 0.25) is 0 Å². The van der Waals surface area contributed by atoms with Crippen LogP contribution in [-0.2, 0) is 16.0 Å². The number of benzene rings is 1. The maximum Gasteiger partial charge on any atom is 0.387 e. The summed E-state index contributed by atoms with van der Waals surface area (Å²) >= 11 is 0. The maximum atomic E-state index is 12.2. The van der Waals surface area contributed by atoms with Crippen LogP contribution in [0.4, 0.5) is 8.78 Å². The van der Waals surface area contributed by atoms with Gasteiger partial charge in [-0.3, -0.25) is 4.99 Å². The fraction of sp³-hybridized carbons (Fsp3) is 0.611. The van der Waals surface area contributed by atoms with Gasteiger partial charge in [0, 0.05) is 40.4 Å². The summed E-state index contributed by atoms with van der Waals surface area (Å²) in [5, 5.41) is 3.24. The molecular weight excluding hydrogens is 471 g/mol. The molecule has 1 N–H and O–H groups in total. The van der Waals surface area contributed by atoms with Gasteiger partial charge in [0.2, 0.25) is 0 Å². The molecule has 0 atom stereocenters. The Morgan fingerprint density at radius 3 is 2.48 bits per heavy atom. The predicted molar refractivity (Wildman–Crippen MR) is 113 cm³/mol. The molecule has 0 aliphatic heterocycles. The van der Waals surface area contributed by atoms with Gasteiger partial charge in [0.15, 0.2) is 5.96 Å². The zero-order chi connectivity index (χ0) is 19.2. The van der Waals surface area contributed by atoms with Gasteiger partial charge in [-0.15, -0.1) is 24.0 Å². The van der Waals surface area contributed by atoms with E-state index in [4.69, 9.17) is 9.47 Å². The Bertz CT molecular complexity index is 519. The van der Waals surface area contributed by atoms with Gasteiger partial charge >= 0.3 is 6.61 Å². The van der Waals surface area contributed by atoms with Crippen LogP contribution in [0, 0.1) is 0 Å². The third-order valence-corrected chi connectivity index (χ3v) is 3.40. The summed E-state index contributed by atoms with van der Waals surface area (Å²) in [7, 11) is 3.58. The topological polar surface area (TPSA) is 55.3 Å². The first-order valence-corrected chi connectivity index (χ1v) is 8.66. The number of hydrogen-bond donors (Lipinski definition) is 1. The van der Waals surface area contributed by atoms with Crippen molar-refractivity contribution < 1.29 is 23.0 Å². The highest BCUT2D eigenvalue weighted by Gasteiger charge is 2.08. The van der Waals surface area contributed by atoms with E-state index >= 15 is 0 Å². The van der Waals surface area contributed by atoms with Gasteiger partial charge in [-0.25, -0.2) is 0 Å². The summed E-state index contributed by atoms with van der Waals surface area (Å²) in [6.07, 6.45) is 0.826. The van der Waals surface area contributed by atoms with Crippen molar-refractivity contribution in [3.05, 3.63) is 29.8 Å². The molecule has 1 aromatic carbocycles. The highest BCUT2D eigenvalue weighted by atomic mass is 127. The minimum Gasteiger partial charge on any atom is -0.435 e. The van der Waals surface area contributed by atoms with E-state index in [9.17, 15) is 8.78 Å². The van der Waals surface area contributed by atoms with E-state index < -0.39 is 6.61 Å². The van der Waals surface area contributed by atoms with Crippen molar-refractivity contribution in [1.82, 2.24) is 10.2 Å². The minimum atomic E-state index is -2.81. The lowest BCUT2D eigenvalue weighted by Crippen LogP contribution is -2.38. The molecule has 0 saturated carbocycles. The number of nitrogens with one attached hydrogen (secondary N) is 1. The largest absolute Gasteiger partial charge is 0.435 e. The quantitative estimate of drug-likeness (QED) is 0.206. The second-order valence-corrected chi connectivity index (χ2v) is 5.57. The summed E-state index contributed by atoms with van der Waals surface area (Å²) in [6, 6.07) is 6.61. The number of halogens is 3. The summed E-state index contributed by atoms with van der Waals surface area (Å²) in [5.74, 6) is 0.942. The van der Waals surface area contributed by atoms with Crippen molar-refractivity contribution in [3.8, 4) is 5.75 Å². The lowest BCUT2D eigenvalue weighted by atomic mass is 10.2. The van der Waals surface area contributed by atoms with Crippen LogP contribution >= 0.6 is 24.0 Å². The first kappa shape index (κ1) is 25.8. The fourth-order valence-electron chi connectivity index (χ4n) is 2.19. The average Bonchev–Trinajstić information content (AvgIpc) is 2.61. The van der Waals surface area contributed by atoms with Gasteiger partial charge in [0.25, 0.3) is 0 Å². The lowest BCUT2D eigenvalue weighted by Gasteiger charge is -2.22. The first-order valence-electron chi connectivity index (χ1n) is 8.66. The molecule has 0 spiro atoms. The molecule has 27 heavy (non-hydrogen) atoms. The number of alkyl halides is 2. The van der Waals surface area contributed by atoms with Crippen LogP contribution < -0.4 is 10.1 Å². The number of nitrogens with zero attached hydrogens (tertiary/aromatic N) is 2. The third-order valence-electron chi connectivity index (χ3n) is 3.40. The van der Waals surface area contributed by atoms with E-state index in [1.165, 1.54) is 12.1 Å². The Morgan fingerprint density at radius 1 is 1.19 bits per heavy atom. The lowest BCUT2D eigenvalue weighted by molar-refractivity contribution is -0.0498. The van der Waals surface area contributed by atoms with Gasteiger partial charge < -0.3 is 24.4 Å². The Hall–Kier alpha value is -1.20. The normalized spacial score (nSPS) is 11.3. The predicted octanol–water partition coefficient (Wildman–Crippen LogP) is 3.36. The van der Waals surface area contributed by atoms with Gasteiger partial charge in [0.05, 0.1) is 13.2 Å². The van der Waals surface area contributed by atoms with E-state index in [1.807, 2.05) is 18.9 Å². The van der Waals surface area contributed by atoms with Crippen molar-refractivity contribution in [2.75, 3.05) is 47.1 Å². The molecule has 0 aliphatic carbocycles. The van der Waals surface area contributed by atoms with Crippen molar-refractivity contribution >= 4 is 29.9 Å². The van der Waals surface area contributed by atoms with E-state index in [1.54, 1.807) is 19.2 Å². The van der Waals surface area contributed by atoms with Crippen molar-refractivity contribution in [2.45, 2.75) is 26.5 Å². The Morgan fingerprint density at radius 2 is 1.89 bits per heavy atom. The van der Waals surface area contributed by atoms with E-state index in [0.29, 0.717) is 32.9 Å². The maximum absolute atomic E-state index is 12.2. The highest BCUT2D eigenvalue weighted by Crippen LogP contribution is 2.15. The summed E-state index contributed by atoms with van der Waals surface area (Å²) in [5.41, 5.74) is 0.975. The first-order chi connectivity index (χ1) is 12.6. The number of methoxy groups -OCH3 is 1. The summed E-state index contributed by atoms with van der Waals surface area (Å²) in [6.45, 7) is 3.03. The molecule has 0 aromatic heterocycles. The van der Waals surface area contributed by atoms with Crippen molar-refractivity contribution in [2.24, 2.45) is 4.99 Å². The van der Waals surface area contributed by atoms with Crippen molar-refractivity contribution in [3.63, 3.8) is 0 Å². The standard InChI is InChI=1S/C18H29F2N3O3.HI/c1-4-21-18(22-10-5-11-25-13-12-24-3)23(2)14-15-6-8-16(9-7-15)26-17(19)20;/h6-9,17H,4-5,10-14H2,1-3H3,(H,21,22);1H. The SMILES string of the molecule is CCNC(=NCCCOCCOC)N(C)Cc1ccc(OC(F)F)cc1.I. The molecule has 0 bridgehead atoms. The summed E-state index contributed by atoms with van der Waals surface area (Å²) < 4.78 is 39.1. The number of ether oxygens (including phenoxy) is 3. The second-order valence-electron chi connectivity index (χ2n) is 5.57. The van der Waals surface area contributed by atoms with Crippen LogP contribution in [0.3, 0.4) is 0 Å². The molecular formula is C18H30F2IN3O3. The van der Waals surface area contributed by atoms with Crippen LogP contribution in [0.15, 0.2) is 29.3 Å². The smallest absolute Gasteiger partial charge is 0.387 e. The Kier molecular flexibility index (Phi) is 15.1. The Balaban J connectivity index is 0.00000676. The molecule has 0 saturated heterocycles. The average molecular weight is 501 g/mol. The molecule has 0 unspecified atom stereocenters. The second kappa shape index (κ2) is 15.8. The van der Waals surface area contributed by atoms with Gasteiger partial charge in [-0.2, -0.15) is 8.78 Å². The van der Waals surface area contributed by atoms with Crippen LogP contribution in [-0.4, -0.2) is 64.5 Å². The Labute approximate surface area is 177 Å². The molecule has 0 radical (unpaired) electrons. The molecule has 6 nitrogen and oxygen atoms in total. The van der Waals surface area contributed by atoms with Gasteiger partial charge in [-0.05, 0) is 31.0 Å². The number of rotatable bonds is 12. The fourth-order valence-corrected chi connectivity index (χ4v) is 2.19. The summed E-state index contributed by atoms with van der Waals surface area (Å²) in [4.78, 5) is 6.56. The van der Waals surface area contributed by atoms with E-state index in [0.717, 1.165) is 24.5 Å². The molecule has 0 fully saturated rings. The number of hydrogen-bond acceptors (Lipinski definition) is 4. The van der Waals surface area contributed by atoms with Crippen LogP contribution in [0.1, 0.15) is 18.9 Å². The van der Waals surface area contributed by atoms with Gasteiger partial charge in [-0.1, -0.05) is 12.1 Å². The molecule has 1 rings (SSSR count). The molecule has 0 heterocycles. The zero-order valence-electron chi connectivity index (χ0n) is 16.1.